The molecule has 2 nitrogen and oxygen atoms in total. The van der Waals surface area contributed by atoms with Crippen LogP contribution in [-0.4, -0.2) is 6.54 Å². The highest BCUT2D eigenvalue weighted by atomic mass is 79.9. The van der Waals surface area contributed by atoms with Gasteiger partial charge in [-0.15, -0.1) is 0 Å². The van der Waals surface area contributed by atoms with Gasteiger partial charge in [-0.05, 0) is 48.7 Å². The van der Waals surface area contributed by atoms with Crippen LogP contribution in [0.25, 0.3) is 0 Å². The molecule has 0 aliphatic rings. The first-order chi connectivity index (χ1) is 9.06. The standard InChI is InChI=1S/C15H16BrClN2/c1-10-7-15(14(18)9-13(10)17)19-6-5-11-3-2-4-12(16)8-11/h2-4,7-9,19H,5-6,18H2,1H3. The lowest BCUT2D eigenvalue weighted by Gasteiger charge is -2.11. The van der Waals surface area contributed by atoms with Gasteiger partial charge in [-0.1, -0.05) is 39.7 Å². The Bertz CT molecular complexity index is 584. The van der Waals surface area contributed by atoms with Crippen molar-refractivity contribution in [3.63, 3.8) is 0 Å². The summed E-state index contributed by atoms with van der Waals surface area (Å²) >= 11 is 9.49. The Balaban J connectivity index is 1.98. The number of anilines is 2. The minimum Gasteiger partial charge on any atom is -0.397 e. The van der Waals surface area contributed by atoms with E-state index in [1.54, 1.807) is 6.07 Å². The van der Waals surface area contributed by atoms with Crippen molar-refractivity contribution >= 4 is 38.9 Å². The molecule has 0 radical (unpaired) electrons. The van der Waals surface area contributed by atoms with Gasteiger partial charge in [-0.2, -0.15) is 0 Å². The van der Waals surface area contributed by atoms with Crippen molar-refractivity contribution in [2.75, 3.05) is 17.6 Å². The van der Waals surface area contributed by atoms with Gasteiger partial charge in [0.1, 0.15) is 0 Å². The molecule has 2 aromatic rings. The first-order valence-corrected chi connectivity index (χ1v) is 7.27. The maximum atomic E-state index is 6.02. The molecule has 4 heteroatoms. The summed E-state index contributed by atoms with van der Waals surface area (Å²) in [7, 11) is 0. The van der Waals surface area contributed by atoms with E-state index >= 15 is 0 Å². The molecule has 2 rings (SSSR count). The van der Waals surface area contributed by atoms with Crippen molar-refractivity contribution < 1.29 is 0 Å². The lowest BCUT2D eigenvalue weighted by Crippen LogP contribution is -2.07. The molecule has 0 aliphatic heterocycles. The number of nitrogen functional groups attached to an aromatic ring is 1. The molecule has 0 fully saturated rings. The van der Waals surface area contributed by atoms with Gasteiger partial charge in [0.05, 0.1) is 11.4 Å². The second-order valence-corrected chi connectivity index (χ2v) is 5.82. The zero-order valence-corrected chi connectivity index (χ0v) is 13.1. The first-order valence-electron chi connectivity index (χ1n) is 6.10. The zero-order valence-electron chi connectivity index (χ0n) is 10.7. The number of aryl methyl sites for hydroxylation is 1. The Labute approximate surface area is 127 Å². The number of benzene rings is 2. The fraction of sp³-hybridized carbons (Fsp3) is 0.200. The lowest BCUT2D eigenvalue weighted by atomic mass is 10.1. The average molecular weight is 340 g/mol. The second-order valence-electron chi connectivity index (χ2n) is 4.50. The number of hydrogen-bond acceptors (Lipinski definition) is 2. The number of rotatable bonds is 4. The van der Waals surface area contributed by atoms with E-state index < -0.39 is 0 Å². The summed E-state index contributed by atoms with van der Waals surface area (Å²) in [5.74, 6) is 0. The van der Waals surface area contributed by atoms with Gasteiger partial charge in [-0.3, -0.25) is 0 Å². The summed E-state index contributed by atoms with van der Waals surface area (Å²) in [6.45, 7) is 2.81. The Hall–Kier alpha value is -1.19. The summed E-state index contributed by atoms with van der Waals surface area (Å²) in [5.41, 5.74) is 9.88. The molecule has 0 saturated carbocycles. The molecular weight excluding hydrogens is 324 g/mol. The summed E-state index contributed by atoms with van der Waals surface area (Å²) in [4.78, 5) is 0. The second kappa shape index (κ2) is 6.31. The SMILES string of the molecule is Cc1cc(NCCc2cccc(Br)c2)c(N)cc1Cl. The predicted octanol–water partition coefficient (Wildman–Crippen LogP) is 4.65. The topological polar surface area (TPSA) is 38.0 Å². The van der Waals surface area contributed by atoms with Gasteiger partial charge in [0.15, 0.2) is 0 Å². The molecule has 0 bridgehead atoms. The molecule has 0 unspecified atom stereocenters. The Morgan fingerprint density at radius 1 is 1.26 bits per heavy atom. The van der Waals surface area contributed by atoms with E-state index in [4.69, 9.17) is 17.3 Å². The van der Waals surface area contributed by atoms with Gasteiger partial charge in [0, 0.05) is 16.0 Å². The molecular formula is C15H16BrClN2. The normalized spacial score (nSPS) is 10.5. The number of nitrogens with two attached hydrogens (primary N) is 1. The third-order valence-electron chi connectivity index (χ3n) is 2.95. The van der Waals surface area contributed by atoms with Crippen molar-refractivity contribution in [2.24, 2.45) is 0 Å². The van der Waals surface area contributed by atoms with Crippen molar-refractivity contribution in [3.05, 3.63) is 57.0 Å². The van der Waals surface area contributed by atoms with Crippen LogP contribution in [0, 0.1) is 6.92 Å². The van der Waals surface area contributed by atoms with E-state index in [0.717, 1.165) is 28.7 Å². The molecule has 0 saturated heterocycles. The predicted molar refractivity (Wildman–Crippen MR) is 86.9 cm³/mol. The van der Waals surface area contributed by atoms with E-state index in [2.05, 4.69) is 33.4 Å². The van der Waals surface area contributed by atoms with Crippen molar-refractivity contribution in [3.8, 4) is 0 Å². The summed E-state index contributed by atoms with van der Waals surface area (Å²) in [6.07, 6.45) is 0.945. The molecule has 100 valence electrons. The van der Waals surface area contributed by atoms with Crippen LogP contribution in [0.2, 0.25) is 5.02 Å². The van der Waals surface area contributed by atoms with Crippen LogP contribution >= 0.6 is 27.5 Å². The van der Waals surface area contributed by atoms with Crippen molar-refractivity contribution in [1.29, 1.82) is 0 Å². The minimum atomic E-state index is 0.685. The van der Waals surface area contributed by atoms with E-state index in [9.17, 15) is 0 Å². The lowest BCUT2D eigenvalue weighted by molar-refractivity contribution is 1.02. The molecule has 0 atom stereocenters. The number of nitrogens with one attached hydrogen (secondary N) is 1. The summed E-state index contributed by atoms with van der Waals surface area (Å²) in [6, 6.07) is 12.1. The van der Waals surface area contributed by atoms with Crippen LogP contribution in [0.4, 0.5) is 11.4 Å². The van der Waals surface area contributed by atoms with Gasteiger partial charge in [-0.25, -0.2) is 0 Å². The highest BCUT2D eigenvalue weighted by Crippen LogP contribution is 2.26. The summed E-state index contributed by atoms with van der Waals surface area (Å²) in [5, 5.41) is 4.05. The van der Waals surface area contributed by atoms with E-state index in [-0.39, 0.29) is 0 Å². The Morgan fingerprint density at radius 3 is 2.79 bits per heavy atom. The molecule has 3 N–H and O–H groups in total. The largest absolute Gasteiger partial charge is 0.397 e. The van der Waals surface area contributed by atoms with Crippen LogP contribution in [0.5, 0.6) is 0 Å². The molecule has 19 heavy (non-hydrogen) atoms. The number of hydrogen-bond donors (Lipinski definition) is 2. The maximum absolute atomic E-state index is 6.02. The van der Waals surface area contributed by atoms with Crippen molar-refractivity contribution in [1.82, 2.24) is 0 Å². The molecule has 0 heterocycles. The van der Waals surface area contributed by atoms with Gasteiger partial charge in [0.2, 0.25) is 0 Å². The van der Waals surface area contributed by atoms with E-state index in [1.807, 2.05) is 25.1 Å². The van der Waals surface area contributed by atoms with Gasteiger partial charge in [0.25, 0.3) is 0 Å². The van der Waals surface area contributed by atoms with E-state index in [1.165, 1.54) is 5.56 Å². The first kappa shape index (κ1) is 14.2. The van der Waals surface area contributed by atoms with E-state index in [0.29, 0.717) is 10.7 Å². The van der Waals surface area contributed by atoms with Gasteiger partial charge < -0.3 is 11.1 Å². The molecule has 2 aromatic carbocycles. The maximum Gasteiger partial charge on any atom is 0.0577 e. The summed E-state index contributed by atoms with van der Waals surface area (Å²) < 4.78 is 1.10. The quantitative estimate of drug-likeness (QED) is 0.796. The molecule has 0 amide bonds. The monoisotopic (exact) mass is 338 g/mol. The third kappa shape index (κ3) is 3.88. The van der Waals surface area contributed by atoms with Crippen molar-refractivity contribution in [2.45, 2.75) is 13.3 Å². The average Bonchev–Trinajstić information content (AvgIpc) is 2.35. The van der Waals surface area contributed by atoms with Gasteiger partial charge >= 0.3 is 0 Å². The minimum absolute atomic E-state index is 0.685. The van der Waals surface area contributed by atoms with Crippen LogP contribution in [0.1, 0.15) is 11.1 Å². The molecule has 0 aliphatic carbocycles. The molecule has 0 spiro atoms. The number of halogens is 2. The van der Waals surface area contributed by atoms with Crippen LogP contribution in [-0.2, 0) is 6.42 Å². The zero-order chi connectivity index (χ0) is 13.8. The highest BCUT2D eigenvalue weighted by molar-refractivity contribution is 9.10. The molecule has 0 aromatic heterocycles. The fourth-order valence-electron chi connectivity index (χ4n) is 1.88. The smallest absolute Gasteiger partial charge is 0.0577 e. The highest BCUT2D eigenvalue weighted by Gasteiger charge is 2.03. The Morgan fingerprint density at radius 2 is 2.05 bits per heavy atom. The van der Waals surface area contributed by atoms with Crippen LogP contribution < -0.4 is 11.1 Å². The van der Waals surface area contributed by atoms with Crippen LogP contribution in [0.15, 0.2) is 40.9 Å². The Kier molecular flexibility index (Phi) is 4.72. The third-order valence-corrected chi connectivity index (χ3v) is 3.85. The fourth-order valence-corrected chi connectivity index (χ4v) is 2.50. The van der Waals surface area contributed by atoms with Crippen LogP contribution in [0.3, 0.4) is 0 Å².